The molecule has 0 N–H and O–H groups in total. The maximum atomic E-state index is 12.6. The Morgan fingerprint density at radius 2 is 1.70 bits per heavy atom. The van der Waals surface area contributed by atoms with E-state index in [4.69, 9.17) is 0 Å². The predicted octanol–water partition coefficient (Wildman–Crippen LogP) is 2.40. The van der Waals surface area contributed by atoms with Crippen LogP contribution in [0.3, 0.4) is 0 Å². The van der Waals surface area contributed by atoms with Gasteiger partial charge in [-0.15, -0.1) is 0 Å². The van der Waals surface area contributed by atoms with Crippen LogP contribution in [0.15, 0.2) is 23.1 Å². The number of benzene rings is 1. The van der Waals surface area contributed by atoms with Gasteiger partial charge < -0.3 is 4.90 Å². The first-order valence-electron chi connectivity index (χ1n) is 7.58. The van der Waals surface area contributed by atoms with Crippen LogP contribution in [0.1, 0.15) is 42.5 Å². The minimum atomic E-state index is -3.72. The molecule has 1 saturated heterocycles. The van der Waals surface area contributed by atoms with E-state index < -0.39 is 20.4 Å². The molecule has 1 aliphatic heterocycles. The highest BCUT2D eigenvalue weighted by atomic mass is 32.2. The average Bonchev–Trinajstić information content (AvgIpc) is 2.44. The zero-order chi connectivity index (χ0) is 17.0. The van der Waals surface area contributed by atoms with Crippen LogP contribution in [-0.2, 0) is 9.84 Å². The van der Waals surface area contributed by atoms with Gasteiger partial charge in [-0.3, -0.25) is 14.9 Å². The van der Waals surface area contributed by atoms with Gasteiger partial charge >= 0.3 is 0 Å². The summed E-state index contributed by atoms with van der Waals surface area (Å²) in [4.78, 5) is 24.3. The molecule has 0 spiro atoms. The third-order valence-corrected chi connectivity index (χ3v) is 5.09. The summed E-state index contributed by atoms with van der Waals surface area (Å²) in [6.45, 7) is 1.25. The molecule has 2 rings (SSSR count). The summed E-state index contributed by atoms with van der Waals surface area (Å²) < 4.78 is 23.2. The molecule has 0 aliphatic carbocycles. The number of amides is 1. The van der Waals surface area contributed by atoms with Crippen molar-refractivity contribution in [3.8, 4) is 0 Å². The van der Waals surface area contributed by atoms with Crippen LogP contribution < -0.4 is 0 Å². The first kappa shape index (κ1) is 17.4. The molecule has 1 heterocycles. The molecular weight excluding hydrogens is 320 g/mol. The van der Waals surface area contributed by atoms with E-state index >= 15 is 0 Å². The van der Waals surface area contributed by atoms with E-state index in [1.165, 1.54) is 6.07 Å². The highest BCUT2D eigenvalue weighted by Gasteiger charge is 2.25. The summed E-state index contributed by atoms with van der Waals surface area (Å²) in [6.07, 6.45) is 6.03. The van der Waals surface area contributed by atoms with Gasteiger partial charge in [-0.25, -0.2) is 8.42 Å². The highest BCUT2D eigenvalue weighted by Crippen LogP contribution is 2.26. The maximum Gasteiger partial charge on any atom is 0.288 e. The topological polar surface area (TPSA) is 97.6 Å². The van der Waals surface area contributed by atoms with Crippen LogP contribution >= 0.6 is 0 Å². The van der Waals surface area contributed by atoms with Gasteiger partial charge in [-0.05, 0) is 25.0 Å². The van der Waals surface area contributed by atoms with Crippen molar-refractivity contribution in [2.75, 3.05) is 19.3 Å². The highest BCUT2D eigenvalue weighted by molar-refractivity contribution is 7.90. The van der Waals surface area contributed by atoms with E-state index in [1.54, 1.807) is 4.90 Å². The van der Waals surface area contributed by atoms with Crippen LogP contribution in [-0.4, -0.2) is 43.5 Å². The molecule has 1 aromatic carbocycles. The number of hydrogen-bond acceptors (Lipinski definition) is 5. The molecule has 1 aliphatic rings. The first-order chi connectivity index (χ1) is 10.8. The van der Waals surface area contributed by atoms with Crippen molar-refractivity contribution in [2.45, 2.75) is 37.0 Å². The number of nitro benzene ring substituents is 1. The smallest absolute Gasteiger partial charge is 0.288 e. The predicted molar refractivity (Wildman–Crippen MR) is 85.2 cm³/mol. The fraction of sp³-hybridized carbons (Fsp3) is 0.533. The van der Waals surface area contributed by atoms with Crippen molar-refractivity contribution in [2.24, 2.45) is 0 Å². The van der Waals surface area contributed by atoms with Crippen molar-refractivity contribution in [1.82, 2.24) is 4.90 Å². The van der Waals surface area contributed by atoms with Gasteiger partial charge in [0.1, 0.15) is 4.90 Å². The number of rotatable bonds is 3. The lowest BCUT2D eigenvalue weighted by molar-refractivity contribution is -0.387. The maximum absolute atomic E-state index is 12.6. The van der Waals surface area contributed by atoms with Crippen LogP contribution in [0.25, 0.3) is 0 Å². The van der Waals surface area contributed by atoms with Crippen molar-refractivity contribution in [3.05, 3.63) is 33.9 Å². The number of nitro groups is 1. The zero-order valence-corrected chi connectivity index (χ0v) is 13.8. The third-order valence-electron chi connectivity index (χ3n) is 3.95. The largest absolute Gasteiger partial charge is 0.339 e. The average molecular weight is 340 g/mol. The van der Waals surface area contributed by atoms with Crippen LogP contribution in [0, 0.1) is 10.1 Å². The summed E-state index contributed by atoms with van der Waals surface area (Å²) in [6, 6.07) is 3.56. The number of hydrogen-bond donors (Lipinski definition) is 0. The van der Waals surface area contributed by atoms with Gasteiger partial charge in [0.05, 0.1) is 4.92 Å². The molecule has 1 aromatic rings. The Morgan fingerprint density at radius 3 is 2.22 bits per heavy atom. The Hall–Kier alpha value is -1.96. The third kappa shape index (κ3) is 4.28. The molecular formula is C15H20N2O5S. The van der Waals surface area contributed by atoms with Gasteiger partial charge in [0.15, 0.2) is 9.84 Å². The molecule has 0 bridgehead atoms. The lowest BCUT2D eigenvalue weighted by Gasteiger charge is -2.24. The Balaban J connectivity index is 2.33. The lowest BCUT2D eigenvalue weighted by atomic mass is 10.1. The molecule has 23 heavy (non-hydrogen) atoms. The summed E-state index contributed by atoms with van der Waals surface area (Å²) >= 11 is 0. The normalized spacial score (nSPS) is 16.5. The van der Waals surface area contributed by atoms with Gasteiger partial charge in [0.25, 0.3) is 11.6 Å². The molecule has 0 atom stereocenters. The molecule has 0 radical (unpaired) electrons. The van der Waals surface area contributed by atoms with E-state index in [-0.39, 0.29) is 16.4 Å². The second-order valence-electron chi connectivity index (χ2n) is 5.77. The molecule has 0 unspecified atom stereocenters. The van der Waals surface area contributed by atoms with Gasteiger partial charge in [0, 0.05) is 31.0 Å². The number of carbonyl (C=O) groups excluding carboxylic acids is 1. The van der Waals surface area contributed by atoms with Crippen molar-refractivity contribution in [3.63, 3.8) is 0 Å². The van der Waals surface area contributed by atoms with E-state index in [0.717, 1.165) is 50.5 Å². The minimum Gasteiger partial charge on any atom is -0.339 e. The number of carbonyl (C=O) groups is 1. The molecule has 8 heteroatoms. The van der Waals surface area contributed by atoms with Crippen LogP contribution in [0.5, 0.6) is 0 Å². The zero-order valence-electron chi connectivity index (χ0n) is 13.0. The molecule has 0 aromatic heterocycles. The van der Waals surface area contributed by atoms with E-state index in [9.17, 15) is 23.3 Å². The summed E-state index contributed by atoms with van der Waals surface area (Å²) in [5.41, 5.74) is -0.393. The fourth-order valence-corrected chi connectivity index (χ4v) is 3.57. The number of sulfone groups is 1. The SMILES string of the molecule is CS(=O)(=O)c1ccc(C(=O)N2CCCCCCC2)cc1[N+](=O)[O-]. The second-order valence-corrected chi connectivity index (χ2v) is 7.76. The van der Waals surface area contributed by atoms with Crippen LogP contribution in [0.2, 0.25) is 0 Å². The second kappa shape index (κ2) is 7.08. The number of nitrogens with zero attached hydrogens (tertiary/aromatic N) is 2. The van der Waals surface area contributed by atoms with Crippen molar-refractivity contribution < 1.29 is 18.1 Å². The Morgan fingerprint density at radius 1 is 1.13 bits per heavy atom. The fourth-order valence-electron chi connectivity index (χ4n) is 2.74. The van der Waals surface area contributed by atoms with E-state index in [1.807, 2.05) is 0 Å². The molecule has 126 valence electrons. The quantitative estimate of drug-likeness (QED) is 0.621. The van der Waals surface area contributed by atoms with Gasteiger partial charge in [-0.2, -0.15) is 0 Å². The van der Waals surface area contributed by atoms with Crippen LogP contribution in [0.4, 0.5) is 5.69 Å². The summed E-state index contributed by atoms with van der Waals surface area (Å²) in [5.74, 6) is -0.282. The summed E-state index contributed by atoms with van der Waals surface area (Å²) in [7, 11) is -3.72. The molecule has 1 amide bonds. The molecule has 1 fully saturated rings. The van der Waals surface area contributed by atoms with Crippen molar-refractivity contribution >= 4 is 21.4 Å². The number of likely N-dealkylation sites (tertiary alicyclic amines) is 1. The molecule has 7 nitrogen and oxygen atoms in total. The van der Waals surface area contributed by atoms with E-state index in [2.05, 4.69) is 0 Å². The van der Waals surface area contributed by atoms with Gasteiger partial charge in [-0.1, -0.05) is 19.3 Å². The Bertz CT molecular complexity index is 707. The molecule has 0 saturated carbocycles. The standard InChI is InChI=1S/C15H20N2O5S/c1-23(21,22)14-8-7-12(11-13(14)17(19)20)15(18)16-9-5-3-2-4-6-10-16/h7-8,11H,2-6,9-10H2,1H3. The first-order valence-corrected chi connectivity index (χ1v) is 9.47. The summed E-state index contributed by atoms with van der Waals surface area (Å²) in [5, 5.41) is 11.1. The lowest BCUT2D eigenvalue weighted by Crippen LogP contribution is -2.33. The Labute approximate surface area is 135 Å². The van der Waals surface area contributed by atoms with E-state index in [0.29, 0.717) is 13.1 Å². The van der Waals surface area contributed by atoms with Gasteiger partial charge in [0.2, 0.25) is 0 Å². The minimum absolute atomic E-state index is 0.157. The van der Waals surface area contributed by atoms with Crippen molar-refractivity contribution in [1.29, 1.82) is 0 Å². The Kier molecular flexibility index (Phi) is 5.35. The monoisotopic (exact) mass is 340 g/mol.